The summed E-state index contributed by atoms with van der Waals surface area (Å²) in [5, 5.41) is 7.94. The molecule has 0 unspecified atom stereocenters. The summed E-state index contributed by atoms with van der Waals surface area (Å²) >= 11 is 0. The van der Waals surface area contributed by atoms with Crippen LogP contribution in [0.1, 0.15) is 18.9 Å². The first-order valence-electron chi connectivity index (χ1n) is 10.3. The molecule has 1 heterocycles. The predicted molar refractivity (Wildman–Crippen MR) is 126 cm³/mol. The van der Waals surface area contributed by atoms with Crippen molar-refractivity contribution in [2.75, 3.05) is 39.7 Å². The highest BCUT2D eigenvalue weighted by molar-refractivity contribution is 7.89. The Hall–Kier alpha value is -3.08. The van der Waals surface area contributed by atoms with Gasteiger partial charge in [-0.3, -0.25) is 9.69 Å². The number of amides is 1. The quantitative estimate of drug-likeness (QED) is 0.602. The van der Waals surface area contributed by atoms with E-state index in [2.05, 4.69) is 11.4 Å². The molecule has 2 aromatic carbocycles. The van der Waals surface area contributed by atoms with E-state index in [0.717, 1.165) is 11.1 Å². The smallest absolute Gasteiger partial charge is 0.241 e. The standard InChI is InChI=1S/C23H29N3O6S/c1-15(23(27)25-17-6-5-7-19(12-17)33(24,28)29)26-10-8-16(9-11-26)22-20(31-3)13-18(30-2)14-21(22)32-4/h5-8,12-15H,9-11H2,1-4H3,(H,25,27)(H2,24,28,29)/t15-/m1/s1. The molecular formula is C23H29N3O6S. The maximum absolute atomic E-state index is 12.8. The van der Waals surface area contributed by atoms with Crippen molar-refractivity contribution in [1.82, 2.24) is 4.90 Å². The summed E-state index contributed by atoms with van der Waals surface area (Å²) in [5.41, 5.74) is 2.31. The van der Waals surface area contributed by atoms with Crippen LogP contribution in [0.25, 0.3) is 5.57 Å². The Kier molecular flexibility index (Phi) is 7.62. The molecule has 1 atom stereocenters. The fourth-order valence-electron chi connectivity index (χ4n) is 3.75. The summed E-state index contributed by atoms with van der Waals surface area (Å²) in [6.45, 7) is 3.02. The monoisotopic (exact) mass is 475 g/mol. The SMILES string of the molecule is COc1cc(OC)c(C2=CCN([C@H](C)C(=O)Nc3cccc(S(N)(=O)=O)c3)CC2)c(OC)c1. The number of carbonyl (C=O) groups is 1. The lowest BCUT2D eigenvalue weighted by atomic mass is 9.96. The van der Waals surface area contributed by atoms with E-state index in [4.69, 9.17) is 19.3 Å². The molecule has 0 aromatic heterocycles. The molecule has 0 bridgehead atoms. The minimum atomic E-state index is -3.85. The van der Waals surface area contributed by atoms with E-state index in [1.807, 2.05) is 24.0 Å². The summed E-state index contributed by atoms with van der Waals surface area (Å²) in [5.74, 6) is 1.72. The van der Waals surface area contributed by atoms with Gasteiger partial charge in [0.25, 0.3) is 0 Å². The third-order valence-corrected chi connectivity index (χ3v) is 6.54. The van der Waals surface area contributed by atoms with Crippen LogP contribution in [0.3, 0.4) is 0 Å². The van der Waals surface area contributed by atoms with Crippen LogP contribution in [0, 0.1) is 0 Å². The zero-order valence-corrected chi connectivity index (χ0v) is 19.9. The molecule has 3 N–H and O–H groups in total. The van der Waals surface area contributed by atoms with Crippen LogP contribution in [0.5, 0.6) is 17.2 Å². The normalized spacial score (nSPS) is 15.4. The average molecular weight is 476 g/mol. The largest absolute Gasteiger partial charge is 0.496 e. The van der Waals surface area contributed by atoms with E-state index in [1.165, 1.54) is 18.2 Å². The van der Waals surface area contributed by atoms with Gasteiger partial charge in [-0.2, -0.15) is 0 Å². The van der Waals surface area contributed by atoms with Crippen molar-refractivity contribution in [3.05, 3.63) is 48.0 Å². The van der Waals surface area contributed by atoms with Crippen LogP contribution >= 0.6 is 0 Å². The van der Waals surface area contributed by atoms with E-state index < -0.39 is 16.1 Å². The molecule has 10 heteroatoms. The second-order valence-corrected chi connectivity index (χ2v) is 9.18. The van der Waals surface area contributed by atoms with Crippen LogP contribution in [-0.4, -0.2) is 59.7 Å². The Labute approximate surface area is 194 Å². The topological polar surface area (TPSA) is 120 Å². The van der Waals surface area contributed by atoms with Crippen LogP contribution in [-0.2, 0) is 14.8 Å². The Morgan fingerprint density at radius 1 is 1.09 bits per heavy atom. The zero-order chi connectivity index (χ0) is 24.2. The van der Waals surface area contributed by atoms with Gasteiger partial charge in [0.1, 0.15) is 17.2 Å². The molecule has 1 amide bonds. The molecule has 0 aliphatic carbocycles. The summed E-state index contributed by atoms with van der Waals surface area (Å²) in [6.07, 6.45) is 2.75. The number of nitrogens with two attached hydrogens (primary N) is 1. The number of nitrogens with one attached hydrogen (secondary N) is 1. The van der Waals surface area contributed by atoms with Crippen molar-refractivity contribution in [2.24, 2.45) is 5.14 Å². The molecule has 1 aliphatic rings. The van der Waals surface area contributed by atoms with Crippen molar-refractivity contribution in [3.8, 4) is 17.2 Å². The third kappa shape index (κ3) is 5.65. The van der Waals surface area contributed by atoms with Gasteiger partial charge in [-0.25, -0.2) is 13.6 Å². The number of nitrogens with zero attached hydrogens (tertiary/aromatic N) is 1. The molecule has 9 nitrogen and oxygen atoms in total. The van der Waals surface area contributed by atoms with Crippen molar-refractivity contribution in [2.45, 2.75) is 24.3 Å². The highest BCUT2D eigenvalue weighted by Crippen LogP contribution is 2.41. The molecule has 0 fully saturated rings. The van der Waals surface area contributed by atoms with E-state index in [9.17, 15) is 13.2 Å². The van der Waals surface area contributed by atoms with Crippen molar-refractivity contribution >= 4 is 27.2 Å². The van der Waals surface area contributed by atoms with Gasteiger partial charge in [0, 0.05) is 30.9 Å². The lowest BCUT2D eigenvalue weighted by Crippen LogP contribution is -2.44. The van der Waals surface area contributed by atoms with E-state index in [0.29, 0.717) is 42.4 Å². The number of ether oxygens (including phenoxy) is 3. The number of anilines is 1. The fraction of sp³-hybridized carbons (Fsp3) is 0.348. The van der Waals surface area contributed by atoms with E-state index in [-0.39, 0.29) is 10.8 Å². The van der Waals surface area contributed by atoms with Crippen LogP contribution in [0.2, 0.25) is 0 Å². The van der Waals surface area contributed by atoms with Crippen molar-refractivity contribution in [1.29, 1.82) is 0 Å². The molecule has 1 aliphatic heterocycles. The first-order chi connectivity index (χ1) is 15.7. The van der Waals surface area contributed by atoms with Gasteiger partial charge in [0.15, 0.2) is 0 Å². The first kappa shape index (κ1) is 24.6. The molecule has 3 rings (SSSR count). The van der Waals surface area contributed by atoms with Crippen LogP contribution in [0.4, 0.5) is 5.69 Å². The molecule has 0 spiro atoms. The lowest BCUT2D eigenvalue weighted by molar-refractivity contribution is -0.120. The Morgan fingerprint density at radius 3 is 2.27 bits per heavy atom. The highest BCUT2D eigenvalue weighted by atomic mass is 32.2. The number of carbonyl (C=O) groups excluding carboxylic acids is 1. The Bertz CT molecular complexity index is 1140. The van der Waals surface area contributed by atoms with Gasteiger partial charge in [-0.15, -0.1) is 0 Å². The van der Waals surface area contributed by atoms with Gasteiger partial charge in [-0.1, -0.05) is 12.1 Å². The minimum Gasteiger partial charge on any atom is -0.496 e. The summed E-state index contributed by atoms with van der Waals surface area (Å²) < 4.78 is 39.6. The number of benzene rings is 2. The Morgan fingerprint density at radius 2 is 1.76 bits per heavy atom. The van der Waals surface area contributed by atoms with Gasteiger partial charge >= 0.3 is 0 Å². The molecule has 0 radical (unpaired) electrons. The Balaban J connectivity index is 1.74. The summed E-state index contributed by atoms with van der Waals surface area (Å²) in [6, 6.07) is 9.08. The highest BCUT2D eigenvalue weighted by Gasteiger charge is 2.26. The van der Waals surface area contributed by atoms with E-state index >= 15 is 0 Å². The maximum Gasteiger partial charge on any atom is 0.241 e. The second kappa shape index (κ2) is 10.2. The summed E-state index contributed by atoms with van der Waals surface area (Å²) in [7, 11) is 0.942. The number of rotatable bonds is 8. The van der Waals surface area contributed by atoms with Crippen molar-refractivity contribution in [3.63, 3.8) is 0 Å². The predicted octanol–water partition coefficient (Wildman–Crippen LogP) is 2.48. The molecule has 178 valence electrons. The minimum absolute atomic E-state index is 0.0547. The summed E-state index contributed by atoms with van der Waals surface area (Å²) in [4.78, 5) is 14.8. The van der Waals surface area contributed by atoms with Crippen LogP contribution < -0.4 is 24.7 Å². The number of hydrogen-bond donors (Lipinski definition) is 2. The molecule has 0 saturated heterocycles. The molecule has 0 saturated carbocycles. The molecular weight excluding hydrogens is 446 g/mol. The van der Waals surface area contributed by atoms with Crippen molar-refractivity contribution < 1.29 is 27.4 Å². The average Bonchev–Trinajstić information content (AvgIpc) is 2.82. The molecule has 2 aromatic rings. The second-order valence-electron chi connectivity index (χ2n) is 7.62. The number of sulfonamides is 1. The van der Waals surface area contributed by atoms with Gasteiger partial charge in [0.05, 0.1) is 37.8 Å². The lowest BCUT2D eigenvalue weighted by Gasteiger charge is -2.31. The maximum atomic E-state index is 12.8. The number of hydrogen-bond acceptors (Lipinski definition) is 7. The van der Waals surface area contributed by atoms with Gasteiger partial charge < -0.3 is 19.5 Å². The fourth-order valence-corrected chi connectivity index (χ4v) is 4.31. The number of methoxy groups -OCH3 is 3. The van der Waals surface area contributed by atoms with Gasteiger partial charge in [-0.05, 0) is 37.1 Å². The molecule has 33 heavy (non-hydrogen) atoms. The van der Waals surface area contributed by atoms with Crippen LogP contribution in [0.15, 0.2) is 47.4 Å². The van der Waals surface area contributed by atoms with Gasteiger partial charge in [0.2, 0.25) is 15.9 Å². The van der Waals surface area contributed by atoms with E-state index in [1.54, 1.807) is 27.4 Å². The first-order valence-corrected chi connectivity index (χ1v) is 11.9. The number of primary sulfonamides is 1. The zero-order valence-electron chi connectivity index (χ0n) is 19.1. The third-order valence-electron chi connectivity index (χ3n) is 5.63.